The summed E-state index contributed by atoms with van der Waals surface area (Å²) in [7, 11) is 0. The minimum Gasteiger partial charge on any atom is -0.244 e. The summed E-state index contributed by atoms with van der Waals surface area (Å²) in [6, 6.07) is 17.4. The molecule has 0 atom stereocenters. The van der Waals surface area contributed by atoms with Crippen LogP contribution >= 0.6 is 15.9 Å². The molecule has 0 radical (unpaired) electrons. The van der Waals surface area contributed by atoms with Crippen molar-refractivity contribution in [2.45, 2.75) is 0 Å². The Bertz CT molecular complexity index is 736. The van der Waals surface area contributed by atoms with E-state index >= 15 is 0 Å². The highest BCUT2D eigenvalue weighted by Crippen LogP contribution is 2.11. The van der Waals surface area contributed by atoms with E-state index in [2.05, 4.69) is 42.0 Å². The quantitative estimate of drug-likeness (QED) is 0.584. The highest BCUT2D eigenvalue weighted by Gasteiger charge is 2.05. The van der Waals surface area contributed by atoms with Gasteiger partial charge in [0.15, 0.2) is 0 Å². The molecule has 0 bridgehead atoms. The van der Waals surface area contributed by atoms with Crippen LogP contribution in [0.5, 0.6) is 0 Å². The van der Waals surface area contributed by atoms with E-state index in [0.717, 1.165) is 15.7 Å². The zero-order valence-corrected chi connectivity index (χ0v) is 12.5. The van der Waals surface area contributed by atoms with Crippen molar-refractivity contribution in [3.63, 3.8) is 0 Å². The minimum absolute atomic E-state index is 0.453. The standard InChI is InChI=1S/C14H11BrN6/c15-12-8-6-11(7-9-12)10-16-17-14-18-19-20-21(14)13-4-2-1-3-5-13/h1-10H,(H,17,18,20)/b16-10+. The molecule has 0 unspecified atom stereocenters. The first-order valence-corrected chi connectivity index (χ1v) is 7.01. The maximum atomic E-state index is 4.15. The number of nitrogens with one attached hydrogen (secondary N) is 1. The van der Waals surface area contributed by atoms with Gasteiger partial charge in [0, 0.05) is 4.47 Å². The number of hydrogen-bond acceptors (Lipinski definition) is 5. The van der Waals surface area contributed by atoms with Gasteiger partial charge < -0.3 is 0 Å². The van der Waals surface area contributed by atoms with Crippen molar-refractivity contribution < 1.29 is 0 Å². The lowest BCUT2D eigenvalue weighted by Gasteiger charge is -2.02. The maximum absolute atomic E-state index is 4.15. The van der Waals surface area contributed by atoms with Crippen molar-refractivity contribution in [1.29, 1.82) is 0 Å². The molecular formula is C14H11BrN6. The molecule has 0 saturated heterocycles. The van der Waals surface area contributed by atoms with Gasteiger partial charge in [-0.2, -0.15) is 9.78 Å². The third kappa shape index (κ3) is 3.32. The van der Waals surface area contributed by atoms with Gasteiger partial charge >= 0.3 is 0 Å². The molecule has 7 heteroatoms. The zero-order valence-electron chi connectivity index (χ0n) is 10.9. The third-order valence-corrected chi connectivity index (χ3v) is 3.25. The molecule has 0 saturated carbocycles. The molecule has 104 valence electrons. The van der Waals surface area contributed by atoms with E-state index in [4.69, 9.17) is 0 Å². The number of tetrazole rings is 1. The molecule has 21 heavy (non-hydrogen) atoms. The average Bonchev–Trinajstić information content (AvgIpc) is 2.99. The van der Waals surface area contributed by atoms with Crippen molar-refractivity contribution in [3.05, 3.63) is 64.6 Å². The predicted octanol–water partition coefficient (Wildman–Crippen LogP) is 2.87. The number of halogens is 1. The van der Waals surface area contributed by atoms with Gasteiger partial charge in [0.05, 0.1) is 11.9 Å². The Hall–Kier alpha value is -2.54. The number of anilines is 1. The van der Waals surface area contributed by atoms with Gasteiger partial charge in [0.2, 0.25) is 0 Å². The first-order valence-electron chi connectivity index (χ1n) is 6.21. The molecule has 1 N–H and O–H groups in total. The summed E-state index contributed by atoms with van der Waals surface area (Å²) in [5.41, 5.74) is 4.68. The highest BCUT2D eigenvalue weighted by molar-refractivity contribution is 9.10. The van der Waals surface area contributed by atoms with Gasteiger partial charge in [-0.15, -0.1) is 0 Å². The highest BCUT2D eigenvalue weighted by atomic mass is 79.9. The van der Waals surface area contributed by atoms with E-state index in [9.17, 15) is 0 Å². The normalized spacial score (nSPS) is 10.9. The molecule has 6 nitrogen and oxygen atoms in total. The summed E-state index contributed by atoms with van der Waals surface area (Å²) in [6.07, 6.45) is 1.70. The lowest BCUT2D eigenvalue weighted by molar-refractivity contribution is 0.790. The second-order valence-corrected chi connectivity index (χ2v) is 5.09. The molecule has 3 aromatic rings. The topological polar surface area (TPSA) is 68.0 Å². The minimum atomic E-state index is 0.453. The summed E-state index contributed by atoms with van der Waals surface area (Å²) < 4.78 is 2.61. The molecule has 0 amide bonds. The lowest BCUT2D eigenvalue weighted by atomic mass is 10.2. The Kier molecular flexibility index (Phi) is 4.02. The molecular weight excluding hydrogens is 332 g/mol. The van der Waals surface area contributed by atoms with E-state index in [0.29, 0.717) is 5.95 Å². The van der Waals surface area contributed by atoms with Crippen LogP contribution in [0.1, 0.15) is 5.56 Å². The van der Waals surface area contributed by atoms with Crippen molar-refractivity contribution in [1.82, 2.24) is 20.2 Å². The van der Waals surface area contributed by atoms with Crippen molar-refractivity contribution in [2.24, 2.45) is 5.10 Å². The summed E-state index contributed by atoms with van der Waals surface area (Å²) in [5.74, 6) is 0.453. The number of nitrogens with zero attached hydrogens (tertiary/aromatic N) is 5. The third-order valence-electron chi connectivity index (χ3n) is 2.72. The molecule has 0 aliphatic carbocycles. The Balaban J connectivity index is 1.75. The van der Waals surface area contributed by atoms with Gasteiger partial charge in [-0.25, -0.2) is 5.43 Å². The SMILES string of the molecule is Brc1ccc(/C=N/Nc2nnnn2-c2ccccc2)cc1. The van der Waals surface area contributed by atoms with Gasteiger partial charge in [0.1, 0.15) is 0 Å². The number of aromatic nitrogens is 4. The summed E-state index contributed by atoms with van der Waals surface area (Å²) in [5, 5.41) is 15.6. The maximum Gasteiger partial charge on any atom is 0.268 e. The van der Waals surface area contributed by atoms with E-state index in [1.807, 2.05) is 54.6 Å². The molecule has 1 heterocycles. The Labute approximate surface area is 129 Å². The van der Waals surface area contributed by atoms with Crippen LogP contribution in [0.4, 0.5) is 5.95 Å². The fourth-order valence-corrected chi connectivity index (χ4v) is 1.98. The molecule has 0 aliphatic heterocycles. The summed E-state index contributed by atoms with van der Waals surface area (Å²) >= 11 is 3.39. The van der Waals surface area contributed by atoms with Crippen LogP contribution in [0.2, 0.25) is 0 Å². The zero-order chi connectivity index (χ0) is 14.5. The van der Waals surface area contributed by atoms with E-state index in [1.165, 1.54) is 0 Å². The molecule has 0 aliphatic rings. The van der Waals surface area contributed by atoms with Gasteiger partial charge in [-0.1, -0.05) is 51.4 Å². The van der Waals surface area contributed by atoms with Crippen LogP contribution in [0.25, 0.3) is 5.69 Å². The molecule has 2 aromatic carbocycles. The van der Waals surface area contributed by atoms with Gasteiger partial charge in [0.25, 0.3) is 5.95 Å². The van der Waals surface area contributed by atoms with Crippen LogP contribution in [0, 0.1) is 0 Å². The summed E-state index contributed by atoms with van der Waals surface area (Å²) in [4.78, 5) is 0. The van der Waals surface area contributed by atoms with Crippen LogP contribution in [-0.2, 0) is 0 Å². The first-order chi connectivity index (χ1) is 10.3. The number of rotatable bonds is 4. The van der Waals surface area contributed by atoms with Crippen molar-refractivity contribution >= 4 is 28.1 Å². The van der Waals surface area contributed by atoms with Crippen LogP contribution < -0.4 is 5.43 Å². The number of hydrogen-bond donors (Lipinski definition) is 1. The van der Waals surface area contributed by atoms with Crippen molar-refractivity contribution in [3.8, 4) is 5.69 Å². The first kappa shape index (κ1) is 13.4. The Morgan fingerprint density at radius 1 is 1.05 bits per heavy atom. The monoisotopic (exact) mass is 342 g/mol. The molecule has 1 aromatic heterocycles. The van der Waals surface area contributed by atoms with Gasteiger partial charge in [-0.05, 0) is 40.3 Å². The van der Waals surface area contributed by atoms with Crippen LogP contribution in [-0.4, -0.2) is 26.4 Å². The number of hydrazone groups is 1. The molecule has 0 spiro atoms. The second kappa shape index (κ2) is 6.27. The van der Waals surface area contributed by atoms with E-state index < -0.39 is 0 Å². The molecule has 0 fully saturated rings. The van der Waals surface area contributed by atoms with Crippen molar-refractivity contribution in [2.75, 3.05) is 5.43 Å². The van der Waals surface area contributed by atoms with Gasteiger partial charge in [-0.3, -0.25) is 0 Å². The fraction of sp³-hybridized carbons (Fsp3) is 0. The predicted molar refractivity (Wildman–Crippen MR) is 84.5 cm³/mol. The van der Waals surface area contributed by atoms with Crippen LogP contribution in [0.15, 0.2) is 64.2 Å². The van der Waals surface area contributed by atoms with Crippen LogP contribution in [0.3, 0.4) is 0 Å². The fourth-order valence-electron chi connectivity index (χ4n) is 1.71. The number of benzene rings is 2. The smallest absolute Gasteiger partial charge is 0.244 e. The number of para-hydroxylation sites is 1. The van der Waals surface area contributed by atoms with E-state index in [-0.39, 0.29) is 0 Å². The summed E-state index contributed by atoms with van der Waals surface area (Å²) in [6.45, 7) is 0. The second-order valence-electron chi connectivity index (χ2n) is 4.17. The molecule has 3 rings (SSSR count). The average molecular weight is 343 g/mol. The Morgan fingerprint density at radius 3 is 2.57 bits per heavy atom. The largest absolute Gasteiger partial charge is 0.268 e. The van der Waals surface area contributed by atoms with E-state index in [1.54, 1.807) is 10.9 Å². The lowest BCUT2D eigenvalue weighted by Crippen LogP contribution is -2.03. The Morgan fingerprint density at radius 2 is 1.81 bits per heavy atom.